The normalized spacial score (nSPS) is 10.6. The first kappa shape index (κ1) is 18.5. The number of hydrogen-bond donors (Lipinski definition) is 0. The van der Waals surface area contributed by atoms with Crippen molar-refractivity contribution < 1.29 is 4.92 Å². The van der Waals surface area contributed by atoms with E-state index in [2.05, 4.69) is 18.7 Å². The lowest BCUT2D eigenvalue weighted by Gasteiger charge is -2.25. The summed E-state index contributed by atoms with van der Waals surface area (Å²) in [5.74, 6) is 0. The van der Waals surface area contributed by atoms with Crippen LogP contribution in [0, 0.1) is 10.1 Å². The van der Waals surface area contributed by atoms with Crippen LogP contribution in [-0.2, 0) is 0 Å². The summed E-state index contributed by atoms with van der Waals surface area (Å²) in [5, 5.41) is 11.0. The summed E-state index contributed by atoms with van der Waals surface area (Å²) in [6.07, 6.45) is 9.76. The van der Waals surface area contributed by atoms with E-state index in [-0.39, 0.29) is 10.6 Å². The van der Waals surface area contributed by atoms with Gasteiger partial charge in [0.1, 0.15) is 0 Å². The van der Waals surface area contributed by atoms with E-state index in [1.54, 1.807) is 18.2 Å². The molecule has 0 aliphatic rings. The van der Waals surface area contributed by atoms with E-state index in [1.807, 2.05) is 6.07 Å². The third-order valence-corrected chi connectivity index (χ3v) is 3.97. The first-order valence-corrected chi connectivity index (χ1v) is 8.68. The number of nitrogens with zero attached hydrogens (tertiary/aromatic N) is 2. The van der Waals surface area contributed by atoms with Crippen LogP contribution in [0.15, 0.2) is 24.3 Å². The van der Waals surface area contributed by atoms with Crippen LogP contribution in [0.3, 0.4) is 0 Å². The molecule has 0 amide bonds. The van der Waals surface area contributed by atoms with Crippen LogP contribution < -0.4 is 4.90 Å². The molecule has 0 aliphatic heterocycles. The quantitative estimate of drug-likeness (QED) is 0.288. The topological polar surface area (TPSA) is 46.4 Å². The van der Waals surface area contributed by atoms with Gasteiger partial charge in [-0.25, -0.2) is 0 Å². The first-order valence-electron chi connectivity index (χ1n) is 8.68. The van der Waals surface area contributed by atoms with Gasteiger partial charge in [-0.3, -0.25) is 10.1 Å². The minimum absolute atomic E-state index is 0.185. The Morgan fingerprint density at radius 2 is 1.55 bits per heavy atom. The second-order valence-corrected chi connectivity index (χ2v) is 5.89. The molecule has 0 radical (unpaired) electrons. The van der Waals surface area contributed by atoms with Crippen molar-refractivity contribution in [1.82, 2.24) is 0 Å². The summed E-state index contributed by atoms with van der Waals surface area (Å²) in [6, 6.07) is 7.06. The van der Waals surface area contributed by atoms with Crippen molar-refractivity contribution in [2.45, 2.75) is 65.2 Å². The molecular formula is C18H30N2O2. The lowest BCUT2D eigenvalue weighted by molar-refractivity contribution is -0.384. The summed E-state index contributed by atoms with van der Waals surface area (Å²) in [4.78, 5) is 13.0. The third-order valence-electron chi connectivity index (χ3n) is 3.97. The van der Waals surface area contributed by atoms with Gasteiger partial charge in [0.15, 0.2) is 0 Å². The number of anilines is 1. The van der Waals surface area contributed by atoms with Crippen molar-refractivity contribution in [3.63, 3.8) is 0 Å². The number of nitro groups is 1. The lowest BCUT2D eigenvalue weighted by atomic mass is 10.1. The standard InChI is InChI=1S/C18H30N2O2/c1-3-5-7-9-14-19(15-10-8-6-4-2)17-12-11-13-18(16-17)20(21)22/h11-13,16H,3-10,14-15H2,1-2H3. The first-order chi connectivity index (χ1) is 10.7. The van der Waals surface area contributed by atoms with Gasteiger partial charge >= 0.3 is 0 Å². The fourth-order valence-corrected chi connectivity index (χ4v) is 2.63. The van der Waals surface area contributed by atoms with Crippen LogP contribution in [0.1, 0.15) is 65.2 Å². The van der Waals surface area contributed by atoms with Gasteiger partial charge in [0, 0.05) is 30.9 Å². The van der Waals surface area contributed by atoms with E-state index in [0.717, 1.165) is 31.6 Å². The van der Waals surface area contributed by atoms with Crippen LogP contribution in [-0.4, -0.2) is 18.0 Å². The molecule has 124 valence electrons. The van der Waals surface area contributed by atoms with Crippen molar-refractivity contribution in [2.75, 3.05) is 18.0 Å². The van der Waals surface area contributed by atoms with Crippen LogP contribution in [0.4, 0.5) is 11.4 Å². The number of benzene rings is 1. The van der Waals surface area contributed by atoms with E-state index in [9.17, 15) is 10.1 Å². The average molecular weight is 306 g/mol. The molecule has 0 atom stereocenters. The fraction of sp³-hybridized carbons (Fsp3) is 0.667. The van der Waals surface area contributed by atoms with Crippen LogP contribution in [0.5, 0.6) is 0 Å². The molecule has 0 heterocycles. The number of hydrogen-bond acceptors (Lipinski definition) is 3. The number of non-ortho nitro benzene ring substituents is 1. The van der Waals surface area contributed by atoms with Crippen molar-refractivity contribution in [3.05, 3.63) is 34.4 Å². The van der Waals surface area contributed by atoms with Gasteiger partial charge in [-0.15, -0.1) is 0 Å². The Morgan fingerprint density at radius 1 is 0.955 bits per heavy atom. The zero-order valence-corrected chi connectivity index (χ0v) is 14.1. The monoisotopic (exact) mass is 306 g/mol. The van der Waals surface area contributed by atoms with Gasteiger partial charge < -0.3 is 4.90 Å². The van der Waals surface area contributed by atoms with E-state index in [0.29, 0.717) is 0 Å². The summed E-state index contributed by atoms with van der Waals surface area (Å²) < 4.78 is 0. The Balaban J connectivity index is 2.65. The summed E-state index contributed by atoms with van der Waals surface area (Å²) in [5.41, 5.74) is 1.17. The second kappa shape index (κ2) is 11.0. The largest absolute Gasteiger partial charge is 0.371 e. The highest BCUT2D eigenvalue weighted by Crippen LogP contribution is 2.22. The molecule has 0 aliphatic carbocycles. The van der Waals surface area contributed by atoms with Crippen molar-refractivity contribution in [2.24, 2.45) is 0 Å². The molecule has 1 aromatic carbocycles. The third kappa shape index (κ3) is 6.92. The van der Waals surface area contributed by atoms with Crippen molar-refractivity contribution >= 4 is 11.4 Å². The smallest absolute Gasteiger partial charge is 0.271 e. The molecule has 0 unspecified atom stereocenters. The van der Waals surface area contributed by atoms with Gasteiger partial charge in [-0.1, -0.05) is 58.4 Å². The van der Waals surface area contributed by atoms with E-state index >= 15 is 0 Å². The maximum Gasteiger partial charge on any atom is 0.271 e. The molecule has 0 saturated carbocycles. The van der Waals surface area contributed by atoms with Crippen molar-refractivity contribution in [3.8, 4) is 0 Å². The average Bonchev–Trinajstić information content (AvgIpc) is 2.53. The van der Waals surface area contributed by atoms with E-state index < -0.39 is 0 Å². The number of rotatable bonds is 12. The highest BCUT2D eigenvalue weighted by atomic mass is 16.6. The molecule has 0 aromatic heterocycles. The molecule has 4 nitrogen and oxygen atoms in total. The van der Waals surface area contributed by atoms with Crippen LogP contribution in [0.2, 0.25) is 0 Å². The highest BCUT2D eigenvalue weighted by Gasteiger charge is 2.11. The molecule has 4 heteroatoms. The zero-order valence-electron chi connectivity index (χ0n) is 14.1. The highest BCUT2D eigenvalue weighted by molar-refractivity contribution is 5.53. The zero-order chi connectivity index (χ0) is 16.2. The molecule has 0 fully saturated rings. The summed E-state index contributed by atoms with van der Waals surface area (Å²) in [6.45, 7) is 6.41. The second-order valence-electron chi connectivity index (χ2n) is 5.89. The Kier molecular flexibility index (Phi) is 9.28. The van der Waals surface area contributed by atoms with Crippen molar-refractivity contribution in [1.29, 1.82) is 0 Å². The Bertz CT molecular complexity index is 423. The van der Waals surface area contributed by atoms with Crippen LogP contribution >= 0.6 is 0 Å². The molecular weight excluding hydrogens is 276 g/mol. The number of nitro benzene ring substituents is 1. The Labute approximate surface area is 134 Å². The molecule has 1 rings (SSSR count). The molecule has 1 aromatic rings. The van der Waals surface area contributed by atoms with Gasteiger partial charge in [0.2, 0.25) is 0 Å². The number of unbranched alkanes of at least 4 members (excludes halogenated alkanes) is 6. The summed E-state index contributed by atoms with van der Waals surface area (Å²) >= 11 is 0. The van der Waals surface area contributed by atoms with E-state index in [1.165, 1.54) is 38.5 Å². The molecule has 0 spiro atoms. The molecule has 0 bridgehead atoms. The maximum atomic E-state index is 11.0. The van der Waals surface area contributed by atoms with Gasteiger partial charge in [-0.05, 0) is 18.9 Å². The predicted octanol–water partition coefficient (Wildman–Crippen LogP) is 5.56. The van der Waals surface area contributed by atoms with E-state index in [4.69, 9.17) is 0 Å². The minimum atomic E-state index is -0.310. The Hall–Kier alpha value is -1.58. The SMILES string of the molecule is CCCCCCN(CCCCCC)c1cccc([N+](=O)[O-])c1. The molecule has 0 saturated heterocycles. The summed E-state index contributed by atoms with van der Waals surface area (Å²) in [7, 11) is 0. The fourth-order valence-electron chi connectivity index (χ4n) is 2.63. The minimum Gasteiger partial charge on any atom is -0.371 e. The maximum absolute atomic E-state index is 11.0. The van der Waals surface area contributed by atoms with Gasteiger partial charge in [-0.2, -0.15) is 0 Å². The van der Waals surface area contributed by atoms with Gasteiger partial charge in [0.25, 0.3) is 5.69 Å². The Morgan fingerprint density at radius 3 is 2.05 bits per heavy atom. The van der Waals surface area contributed by atoms with Crippen LogP contribution in [0.25, 0.3) is 0 Å². The lowest BCUT2D eigenvalue weighted by Crippen LogP contribution is -2.25. The van der Waals surface area contributed by atoms with Gasteiger partial charge in [0.05, 0.1) is 4.92 Å². The molecule has 0 N–H and O–H groups in total. The molecule has 22 heavy (non-hydrogen) atoms. The predicted molar refractivity (Wildman–Crippen MR) is 93.6 cm³/mol.